The van der Waals surface area contributed by atoms with Gasteiger partial charge < -0.3 is 19.9 Å². The molecule has 0 aromatic carbocycles. The summed E-state index contributed by atoms with van der Waals surface area (Å²) in [6, 6.07) is 2.67. The predicted octanol–water partition coefficient (Wildman–Crippen LogP) is 1.84. The molecule has 5 nitrogen and oxygen atoms in total. The number of aromatic nitrogens is 1. The molecule has 0 spiro atoms. The van der Waals surface area contributed by atoms with Gasteiger partial charge >= 0.3 is 0 Å². The van der Waals surface area contributed by atoms with Gasteiger partial charge in [0.25, 0.3) is 0 Å². The summed E-state index contributed by atoms with van der Waals surface area (Å²) in [5, 5.41) is 6.54. The molecule has 2 N–H and O–H groups in total. The summed E-state index contributed by atoms with van der Waals surface area (Å²) in [5.74, 6) is 0.0817. The second kappa shape index (κ2) is 8.20. The van der Waals surface area contributed by atoms with Gasteiger partial charge in [0.15, 0.2) is 0 Å². The highest BCUT2D eigenvalue weighted by Crippen LogP contribution is 2.13. The predicted molar refractivity (Wildman–Crippen MR) is 83.1 cm³/mol. The Bertz CT molecular complexity index is 438. The number of carbonyl (C=O) groups is 1. The fourth-order valence-electron chi connectivity index (χ4n) is 2.57. The van der Waals surface area contributed by atoms with Crippen molar-refractivity contribution in [3.8, 4) is 0 Å². The Morgan fingerprint density at radius 3 is 2.95 bits per heavy atom. The van der Waals surface area contributed by atoms with E-state index < -0.39 is 0 Å². The standard InChI is InChI=1S/C16H27N3O2/c1-3-7-17-13(2)14-4-8-19(11-14)12-16(20)18-15-5-9-21-10-6-15/h4,8,11,13,15,17H,3,5-7,9-10,12H2,1-2H3,(H,18,20). The molecule has 1 amide bonds. The number of carbonyl (C=O) groups excluding carboxylic acids is 1. The van der Waals surface area contributed by atoms with Crippen molar-refractivity contribution >= 4 is 5.91 Å². The van der Waals surface area contributed by atoms with E-state index in [1.807, 2.05) is 10.8 Å². The van der Waals surface area contributed by atoms with E-state index in [2.05, 4.69) is 36.7 Å². The van der Waals surface area contributed by atoms with E-state index in [1.54, 1.807) is 0 Å². The number of amides is 1. The molecule has 1 unspecified atom stereocenters. The third-order valence-electron chi connectivity index (χ3n) is 3.89. The van der Waals surface area contributed by atoms with Gasteiger partial charge in [0.05, 0.1) is 0 Å². The first-order valence-corrected chi connectivity index (χ1v) is 7.95. The summed E-state index contributed by atoms with van der Waals surface area (Å²) < 4.78 is 7.25. The molecule has 0 saturated carbocycles. The number of ether oxygens (including phenoxy) is 1. The van der Waals surface area contributed by atoms with Crippen LogP contribution < -0.4 is 10.6 Å². The van der Waals surface area contributed by atoms with Gasteiger partial charge in [-0.3, -0.25) is 4.79 Å². The Hall–Kier alpha value is -1.33. The molecule has 1 atom stereocenters. The molecule has 1 fully saturated rings. The summed E-state index contributed by atoms with van der Waals surface area (Å²) in [7, 11) is 0. The highest BCUT2D eigenvalue weighted by Gasteiger charge is 2.16. The topological polar surface area (TPSA) is 55.3 Å². The molecule has 118 valence electrons. The number of nitrogens with zero attached hydrogens (tertiary/aromatic N) is 1. The summed E-state index contributed by atoms with van der Waals surface area (Å²) >= 11 is 0. The zero-order chi connectivity index (χ0) is 15.1. The zero-order valence-corrected chi connectivity index (χ0v) is 13.1. The first-order chi connectivity index (χ1) is 10.2. The van der Waals surface area contributed by atoms with E-state index in [0.29, 0.717) is 12.6 Å². The first-order valence-electron chi connectivity index (χ1n) is 7.95. The highest BCUT2D eigenvalue weighted by atomic mass is 16.5. The van der Waals surface area contributed by atoms with Gasteiger partial charge in [0, 0.05) is 37.7 Å². The normalized spacial score (nSPS) is 17.6. The lowest BCUT2D eigenvalue weighted by molar-refractivity contribution is -0.122. The number of rotatable bonds is 7. The molecule has 21 heavy (non-hydrogen) atoms. The number of hydrogen-bond acceptors (Lipinski definition) is 3. The van der Waals surface area contributed by atoms with Crippen LogP contribution in [0.3, 0.4) is 0 Å². The second-order valence-corrected chi connectivity index (χ2v) is 5.75. The van der Waals surface area contributed by atoms with Crippen LogP contribution in [0.25, 0.3) is 0 Å². The molecule has 1 aliphatic rings. The van der Waals surface area contributed by atoms with Crippen LogP contribution in [0.5, 0.6) is 0 Å². The van der Waals surface area contributed by atoms with Crippen molar-refractivity contribution < 1.29 is 9.53 Å². The largest absolute Gasteiger partial charge is 0.381 e. The molecule has 5 heteroatoms. The van der Waals surface area contributed by atoms with Crippen molar-refractivity contribution in [1.82, 2.24) is 15.2 Å². The molecule has 2 rings (SSSR count). The van der Waals surface area contributed by atoms with Crippen molar-refractivity contribution in [3.63, 3.8) is 0 Å². The molecular formula is C16H27N3O2. The van der Waals surface area contributed by atoms with Crippen molar-refractivity contribution in [2.24, 2.45) is 0 Å². The summed E-state index contributed by atoms with van der Waals surface area (Å²) in [6.45, 7) is 7.20. The minimum Gasteiger partial charge on any atom is -0.381 e. The molecule has 1 aromatic rings. The van der Waals surface area contributed by atoms with Gasteiger partial charge in [-0.1, -0.05) is 6.92 Å². The van der Waals surface area contributed by atoms with Crippen LogP contribution in [-0.2, 0) is 16.1 Å². The fourth-order valence-corrected chi connectivity index (χ4v) is 2.57. The molecule has 2 heterocycles. The SMILES string of the molecule is CCCNC(C)c1ccn(CC(=O)NC2CCOCC2)c1. The minimum atomic E-state index is 0.0817. The zero-order valence-electron chi connectivity index (χ0n) is 13.1. The van der Waals surface area contributed by atoms with Crippen LogP contribution in [0.2, 0.25) is 0 Å². The first kappa shape index (κ1) is 16.0. The highest BCUT2D eigenvalue weighted by molar-refractivity contribution is 5.76. The van der Waals surface area contributed by atoms with Crippen molar-refractivity contribution in [1.29, 1.82) is 0 Å². The molecule has 1 aromatic heterocycles. The van der Waals surface area contributed by atoms with Crippen LogP contribution in [0.15, 0.2) is 18.5 Å². The lowest BCUT2D eigenvalue weighted by atomic mass is 10.1. The molecule has 1 aliphatic heterocycles. The van der Waals surface area contributed by atoms with Crippen LogP contribution in [0.1, 0.15) is 44.7 Å². The van der Waals surface area contributed by atoms with Gasteiger partial charge in [-0.2, -0.15) is 0 Å². The van der Waals surface area contributed by atoms with Crippen LogP contribution in [0.4, 0.5) is 0 Å². The fraction of sp³-hybridized carbons (Fsp3) is 0.688. The van der Waals surface area contributed by atoms with E-state index in [4.69, 9.17) is 4.74 Å². The van der Waals surface area contributed by atoms with Gasteiger partial charge in [-0.15, -0.1) is 0 Å². The van der Waals surface area contributed by atoms with Crippen LogP contribution in [-0.4, -0.2) is 36.3 Å². The third kappa shape index (κ3) is 5.17. The lowest BCUT2D eigenvalue weighted by Crippen LogP contribution is -2.40. The maximum Gasteiger partial charge on any atom is 0.240 e. The Morgan fingerprint density at radius 1 is 1.48 bits per heavy atom. The quantitative estimate of drug-likeness (QED) is 0.806. The Kier molecular flexibility index (Phi) is 6.26. The van der Waals surface area contributed by atoms with Crippen molar-refractivity contribution in [2.45, 2.75) is 51.7 Å². The molecule has 0 aliphatic carbocycles. The summed E-state index contributed by atoms with van der Waals surface area (Å²) in [4.78, 5) is 12.0. The lowest BCUT2D eigenvalue weighted by Gasteiger charge is -2.23. The van der Waals surface area contributed by atoms with E-state index >= 15 is 0 Å². The van der Waals surface area contributed by atoms with E-state index in [0.717, 1.165) is 39.0 Å². The summed E-state index contributed by atoms with van der Waals surface area (Å²) in [6.07, 6.45) is 6.99. The van der Waals surface area contributed by atoms with Crippen LogP contribution in [0, 0.1) is 0 Å². The summed E-state index contributed by atoms with van der Waals surface area (Å²) in [5.41, 5.74) is 1.22. The maximum absolute atomic E-state index is 12.0. The Labute approximate surface area is 127 Å². The van der Waals surface area contributed by atoms with Gasteiger partial charge in [-0.05, 0) is 44.4 Å². The Balaban J connectivity index is 1.79. The third-order valence-corrected chi connectivity index (χ3v) is 3.89. The monoisotopic (exact) mass is 293 g/mol. The number of hydrogen-bond donors (Lipinski definition) is 2. The van der Waals surface area contributed by atoms with Crippen LogP contribution >= 0.6 is 0 Å². The average Bonchev–Trinajstić information content (AvgIpc) is 2.94. The van der Waals surface area contributed by atoms with Gasteiger partial charge in [-0.25, -0.2) is 0 Å². The van der Waals surface area contributed by atoms with Crippen molar-refractivity contribution in [3.05, 3.63) is 24.0 Å². The molecule has 1 saturated heterocycles. The Morgan fingerprint density at radius 2 is 2.24 bits per heavy atom. The second-order valence-electron chi connectivity index (χ2n) is 5.75. The van der Waals surface area contributed by atoms with E-state index in [1.165, 1.54) is 5.56 Å². The van der Waals surface area contributed by atoms with Gasteiger partial charge in [0.1, 0.15) is 6.54 Å². The smallest absolute Gasteiger partial charge is 0.240 e. The van der Waals surface area contributed by atoms with Gasteiger partial charge in [0.2, 0.25) is 5.91 Å². The molecule has 0 bridgehead atoms. The van der Waals surface area contributed by atoms with E-state index in [-0.39, 0.29) is 11.9 Å². The maximum atomic E-state index is 12.0. The molecule has 0 radical (unpaired) electrons. The minimum absolute atomic E-state index is 0.0817. The average molecular weight is 293 g/mol. The van der Waals surface area contributed by atoms with E-state index in [9.17, 15) is 4.79 Å². The number of nitrogens with one attached hydrogen (secondary N) is 2. The molecular weight excluding hydrogens is 266 g/mol. The van der Waals surface area contributed by atoms with Crippen molar-refractivity contribution in [2.75, 3.05) is 19.8 Å².